The van der Waals surface area contributed by atoms with E-state index >= 15 is 0 Å². The molecule has 24 heavy (non-hydrogen) atoms. The molecule has 2 heterocycles. The number of carbonyl (C=O) groups is 2. The number of Topliss-reactive ketones (excluding diaryl/α,β-unsaturated/α-hetero) is 1. The van der Waals surface area contributed by atoms with Crippen molar-refractivity contribution in [2.24, 2.45) is 5.92 Å². The largest absolute Gasteiger partial charge is 0.465 e. The van der Waals surface area contributed by atoms with E-state index in [1.54, 1.807) is 6.92 Å². The van der Waals surface area contributed by atoms with Crippen molar-refractivity contribution in [1.82, 2.24) is 9.88 Å². The van der Waals surface area contributed by atoms with Gasteiger partial charge in [-0.1, -0.05) is 15.9 Å². The van der Waals surface area contributed by atoms with Gasteiger partial charge in [-0.3, -0.25) is 9.59 Å². The lowest BCUT2D eigenvalue weighted by molar-refractivity contribution is -0.153. The van der Waals surface area contributed by atoms with E-state index in [0.29, 0.717) is 26.1 Å². The topological polar surface area (TPSA) is 62.4 Å². The number of carbonyl (C=O) groups excluding carboxylic acids is 2. The van der Waals surface area contributed by atoms with Crippen LogP contribution in [0.4, 0.5) is 0 Å². The molecule has 0 aliphatic carbocycles. The quantitative estimate of drug-likeness (QED) is 0.627. The van der Waals surface area contributed by atoms with Gasteiger partial charge in [0.2, 0.25) is 0 Å². The van der Waals surface area contributed by atoms with E-state index in [2.05, 4.69) is 37.9 Å². The Balaban J connectivity index is 1.64. The van der Waals surface area contributed by atoms with Crippen molar-refractivity contribution in [1.29, 1.82) is 0 Å². The summed E-state index contributed by atoms with van der Waals surface area (Å²) in [7, 11) is 0. The number of ketones is 1. The van der Waals surface area contributed by atoms with Crippen LogP contribution in [-0.2, 0) is 20.7 Å². The predicted molar refractivity (Wildman–Crippen MR) is 95.9 cm³/mol. The van der Waals surface area contributed by atoms with E-state index in [-0.39, 0.29) is 11.8 Å². The minimum atomic E-state index is -0.629. The number of nitrogens with one attached hydrogen (secondary N) is 1. The summed E-state index contributed by atoms with van der Waals surface area (Å²) in [5, 5.41) is 1.21. The summed E-state index contributed by atoms with van der Waals surface area (Å²) in [4.78, 5) is 29.3. The number of benzene rings is 1. The highest BCUT2D eigenvalue weighted by atomic mass is 79.9. The van der Waals surface area contributed by atoms with Gasteiger partial charge in [0.15, 0.2) is 0 Å². The molecule has 6 heteroatoms. The molecule has 5 nitrogen and oxygen atoms in total. The van der Waals surface area contributed by atoms with Gasteiger partial charge in [0.05, 0.1) is 6.61 Å². The molecule has 0 bridgehead atoms. The number of nitrogens with zero attached hydrogens (tertiary/aromatic N) is 1. The maximum absolute atomic E-state index is 12.0. The number of rotatable bonds is 5. The molecule has 1 atom stereocenters. The number of esters is 1. The van der Waals surface area contributed by atoms with Crippen molar-refractivity contribution < 1.29 is 14.3 Å². The van der Waals surface area contributed by atoms with E-state index in [1.165, 1.54) is 10.9 Å². The van der Waals surface area contributed by atoms with Crippen molar-refractivity contribution in [2.45, 2.75) is 19.8 Å². The minimum absolute atomic E-state index is 0.000671. The summed E-state index contributed by atoms with van der Waals surface area (Å²) in [5.74, 6) is -1.01. The average molecular weight is 393 g/mol. The fraction of sp³-hybridized carbons (Fsp3) is 0.444. The summed E-state index contributed by atoms with van der Waals surface area (Å²) in [6.07, 6.45) is 3.33. The van der Waals surface area contributed by atoms with Crippen LogP contribution in [0.2, 0.25) is 0 Å². The third kappa shape index (κ3) is 3.70. The second kappa shape index (κ2) is 7.49. The first-order chi connectivity index (χ1) is 11.6. The molecule has 1 fully saturated rings. The predicted octanol–water partition coefficient (Wildman–Crippen LogP) is 2.93. The van der Waals surface area contributed by atoms with Gasteiger partial charge in [0.25, 0.3) is 0 Å². The van der Waals surface area contributed by atoms with Crippen LogP contribution < -0.4 is 0 Å². The van der Waals surface area contributed by atoms with Gasteiger partial charge in [-0.2, -0.15) is 0 Å². The Morgan fingerprint density at radius 3 is 3.08 bits per heavy atom. The van der Waals surface area contributed by atoms with Crippen molar-refractivity contribution in [3.8, 4) is 0 Å². The Morgan fingerprint density at radius 2 is 2.29 bits per heavy atom. The second-order valence-electron chi connectivity index (χ2n) is 6.08. The lowest BCUT2D eigenvalue weighted by Gasteiger charge is -2.30. The number of hydrogen-bond donors (Lipinski definition) is 1. The highest BCUT2D eigenvalue weighted by Gasteiger charge is 2.33. The Kier molecular flexibility index (Phi) is 5.36. The van der Waals surface area contributed by atoms with Crippen LogP contribution in [0.3, 0.4) is 0 Å². The van der Waals surface area contributed by atoms with Gasteiger partial charge < -0.3 is 14.6 Å². The fourth-order valence-electron chi connectivity index (χ4n) is 3.18. The zero-order chi connectivity index (χ0) is 17.1. The molecule has 2 aromatic rings. The summed E-state index contributed by atoms with van der Waals surface area (Å²) in [6.45, 7) is 4.07. The Hall–Kier alpha value is -1.66. The number of H-pyrrole nitrogens is 1. The lowest BCUT2D eigenvalue weighted by atomic mass is 9.96. The number of fused-ring (bicyclic) bond motifs is 1. The summed E-state index contributed by atoms with van der Waals surface area (Å²) in [5.41, 5.74) is 2.36. The first-order valence-corrected chi connectivity index (χ1v) is 9.05. The maximum atomic E-state index is 12.0. The highest BCUT2D eigenvalue weighted by molar-refractivity contribution is 9.10. The maximum Gasteiger partial charge on any atom is 0.317 e. The molecular weight excluding hydrogens is 372 g/mol. The summed E-state index contributed by atoms with van der Waals surface area (Å²) >= 11 is 3.51. The van der Waals surface area contributed by atoms with Gasteiger partial charge in [-0.25, -0.2) is 0 Å². The Labute approximate surface area is 149 Å². The van der Waals surface area contributed by atoms with Gasteiger partial charge in [-0.15, -0.1) is 0 Å². The number of likely N-dealkylation sites (tertiary alicyclic amines) is 1. The van der Waals surface area contributed by atoms with Gasteiger partial charge in [0, 0.05) is 47.6 Å². The molecule has 1 aliphatic rings. The van der Waals surface area contributed by atoms with Crippen LogP contribution in [0.5, 0.6) is 0 Å². The first kappa shape index (κ1) is 17.2. The summed E-state index contributed by atoms with van der Waals surface area (Å²) in [6, 6.07) is 6.18. The zero-order valence-corrected chi connectivity index (χ0v) is 15.3. The van der Waals surface area contributed by atoms with Crippen LogP contribution in [0.15, 0.2) is 28.9 Å². The molecule has 3 rings (SSSR count). The lowest BCUT2D eigenvalue weighted by Crippen LogP contribution is -2.45. The van der Waals surface area contributed by atoms with Crippen LogP contribution in [-0.4, -0.2) is 47.9 Å². The Morgan fingerprint density at radius 1 is 1.46 bits per heavy atom. The van der Waals surface area contributed by atoms with E-state index in [9.17, 15) is 9.59 Å². The molecule has 1 aliphatic heterocycles. The molecule has 1 N–H and O–H groups in total. The van der Waals surface area contributed by atoms with Crippen molar-refractivity contribution in [3.05, 3.63) is 34.4 Å². The smallest absolute Gasteiger partial charge is 0.317 e. The zero-order valence-electron chi connectivity index (χ0n) is 13.7. The number of aromatic amines is 1. The molecule has 1 unspecified atom stereocenters. The Bertz CT molecular complexity index is 756. The number of hydrogen-bond acceptors (Lipinski definition) is 4. The highest BCUT2D eigenvalue weighted by Crippen LogP contribution is 2.24. The molecule has 0 amide bonds. The summed E-state index contributed by atoms with van der Waals surface area (Å²) < 4.78 is 6.08. The van der Waals surface area contributed by atoms with Crippen LogP contribution in [0, 0.1) is 5.92 Å². The third-order valence-corrected chi connectivity index (χ3v) is 5.00. The van der Waals surface area contributed by atoms with Crippen LogP contribution >= 0.6 is 15.9 Å². The van der Waals surface area contributed by atoms with E-state index in [1.807, 2.05) is 12.3 Å². The molecule has 0 saturated carbocycles. The fourth-order valence-corrected chi connectivity index (χ4v) is 3.54. The molecule has 1 aromatic heterocycles. The molecular formula is C18H21BrN2O3. The molecule has 1 saturated heterocycles. The normalized spacial score (nSPS) is 18.9. The van der Waals surface area contributed by atoms with Crippen LogP contribution in [0.25, 0.3) is 10.9 Å². The average Bonchev–Trinajstić information content (AvgIpc) is 2.96. The second-order valence-corrected chi connectivity index (χ2v) is 6.99. The van der Waals surface area contributed by atoms with Gasteiger partial charge >= 0.3 is 5.97 Å². The number of halogens is 1. The van der Waals surface area contributed by atoms with Crippen molar-refractivity contribution in [2.75, 3.05) is 26.2 Å². The van der Waals surface area contributed by atoms with E-state index < -0.39 is 5.92 Å². The molecule has 0 spiro atoms. The van der Waals surface area contributed by atoms with Crippen LogP contribution in [0.1, 0.15) is 18.9 Å². The monoisotopic (exact) mass is 392 g/mol. The minimum Gasteiger partial charge on any atom is -0.465 e. The van der Waals surface area contributed by atoms with E-state index in [4.69, 9.17) is 4.74 Å². The molecule has 0 radical (unpaired) electrons. The van der Waals surface area contributed by atoms with Crippen molar-refractivity contribution in [3.63, 3.8) is 0 Å². The third-order valence-electron chi connectivity index (χ3n) is 4.50. The molecule has 128 valence electrons. The molecule has 1 aromatic carbocycles. The standard InChI is InChI=1S/C18H21BrN2O3/c1-2-24-18(23)15-11-21(8-6-17(15)22)7-5-12-10-20-16-4-3-13(19)9-14(12)16/h3-4,9-10,15,20H,2,5-8,11H2,1H3. The first-order valence-electron chi connectivity index (χ1n) is 8.25. The number of piperidine rings is 1. The van der Waals surface area contributed by atoms with Crippen molar-refractivity contribution >= 4 is 38.6 Å². The van der Waals surface area contributed by atoms with Gasteiger partial charge in [0.1, 0.15) is 11.7 Å². The SMILES string of the molecule is CCOC(=O)C1CN(CCc2c[nH]c3ccc(Br)cc23)CCC1=O. The van der Waals surface area contributed by atoms with E-state index in [0.717, 1.165) is 23.0 Å². The van der Waals surface area contributed by atoms with Gasteiger partial charge in [-0.05, 0) is 37.1 Å². The number of ether oxygens (including phenoxy) is 1. The number of aromatic nitrogens is 1.